The van der Waals surface area contributed by atoms with Crippen molar-refractivity contribution in [2.45, 2.75) is 13.8 Å². The smallest absolute Gasteiger partial charge is 0.259 e. The number of carbonyl (C=O) groups is 1. The predicted molar refractivity (Wildman–Crippen MR) is 93.8 cm³/mol. The fourth-order valence-electron chi connectivity index (χ4n) is 2.64. The number of hydrogen-bond donors (Lipinski definition) is 1. The third-order valence-corrected chi connectivity index (χ3v) is 3.93. The van der Waals surface area contributed by atoms with Gasteiger partial charge in [0.1, 0.15) is 0 Å². The van der Waals surface area contributed by atoms with Gasteiger partial charge in [0, 0.05) is 10.9 Å². The molecule has 2 aromatic carbocycles. The number of benzene rings is 2. The number of rotatable bonds is 3. The lowest BCUT2D eigenvalue weighted by Gasteiger charge is -2.06. The van der Waals surface area contributed by atoms with Gasteiger partial charge in [-0.25, -0.2) is 0 Å². The summed E-state index contributed by atoms with van der Waals surface area (Å²) in [5, 5.41) is 0.888. The number of ketones is 1. The zero-order valence-electron chi connectivity index (χ0n) is 13.1. The van der Waals surface area contributed by atoms with E-state index in [0.29, 0.717) is 5.56 Å². The molecule has 1 aromatic heterocycles. The summed E-state index contributed by atoms with van der Waals surface area (Å²) in [6.45, 7) is 3.82. The fraction of sp³-hybridized carbons (Fsp3) is 0.100. The molecule has 0 fully saturated rings. The molecule has 1 heterocycles. The molecule has 114 valence electrons. The van der Waals surface area contributed by atoms with Crippen molar-refractivity contribution < 1.29 is 4.79 Å². The summed E-state index contributed by atoms with van der Waals surface area (Å²) in [6.07, 6.45) is 3.19. The molecule has 0 spiro atoms. The van der Waals surface area contributed by atoms with E-state index in [1.54, 1.807) is 6.08 Å². The second kappa shape index (κ2) is 6.05. The van der Waals surface area contributed by atoms with Gasteiger partial charge in [0.2, 0.25) is 0 Å². The number of hydrogen-bond acceptors (Lipinski definition) is 2. The maximum absolute atomic E-state index is 12.5. The van der Waals surface area contributed by atoms with E-state index in [4.69, 9.17) is 0 Å². The Morgan fingerprint density at radius 1 is 1.00 bits per heavy atom. The monoisotopic (exact) mass is 303 g/mol. The molecule has 0 amide bonds. The lowest BCUT2D eigenvalue weighted by molar-refractivity contribution is 0.104. The van der Waals surface area contributed by atoms with Crippen molar-refractivity contribution in [3.05, 3.63) is 87.2 Å². The number of nitrogens with one attached hydrogen (secondary N) is 1. The van der Waals surface area contributed by atoms with E-state index in [1.165, 1.54) is 6.08 Å². The quantitative estimate of drug-likeness (QED) is 0.586. The molecule has 0 aliphatic rings. The van der Waals surface area contributed by atoms with Crippen LogP contribution in [0.5, 0.6) is 0 Å². The van der Waals surface area contributed by atoms with Gasteiger partial charge in [-0.2, -0.15) is 0 Å². The zero-order valence-corrected chi connectivity index (χ0v) is 13.1. The molecule has 0 radical (unpaired) electrons. The van der Waals surface area contributed by atoms with E-state index in [1.807, 2.05) is 62.4 Å². The lowest BCUT2D eigenvalue weighted by Crippen LogP contribution is -2.18. The minimum Gasteiger partial charge on any atom is -0.321 e. The molecule has 0 saturated carbocycles. The van der Waals surface area contributed by atoms with E-state index in [2.05, 4.69) is 4.98 Å². The Labute approximate surface area is 134 Å². The number of fused-ring (bicyclic) bond motifs is 1. The Morgan fingerprint density at radius 3 is 2.43 bits per heavy atom. The number of aryl methyl sites for hydroxylation is 2. The molecule has 0 aliphatic heterocycles. The van der Waals surface area contributed by atoms with Crippen molar-refractivity contribution in [3.63, 3.8) is 0 Å². The van der Waals surface area contributed by atoms with Crippen LogP contribution < -0.4 is 5.56 Å². The van der Waals surface area contributed by atoms with E-state index < -0.39 is 0 Å². The summed E-state index contributed by atoms with van der Waals surface area (Å²) in [6, 6.07) is 15.3. The second-order valence-electron chi connectivity index (χ2n) is 5.61. The zero-order chi connectivity index (χ0) is 16.4. The van der Waals surface area contributed by atoms with Crippen LogP contribution in [-0.2, 0) is 0 Å². The van der Waals surface area contributed by atoms with Gasteiger partial charge in [0.25, 0.3) is 5.56 Å². The molecule has 0 unspecified atom stereocenters. The predicted octanol–water partition coefficient (Wildman–Crippen LogP) is 4.04. The Kier molecular flexibility index (Phi) is 3.94. The molecule has 0 saturated heterocycles. The standard InChI is InChI=1S/C20H17NO2/c1-13-7-9-15(10-8-13)11-12-18(22)19-14(2)16-5-3-4-6-17(16)21-20(19)23/h3-12H,1-2H3,(H,21,23)/b12-11+. The molecule has 3 nitrogen and oxygen atoms in total. The molecule has 3 aromatic rings. The van der Waals surface area contributed by atoms with E-state index >= 15 is 0 Å². The summed E-state index contributed by atoms with van der Waals surface area (Å²) >= 11 is 0. The molecule has 1 N–H and O–H groups in total. The molecule has 23 heavy (non-hydrogen) atoms. The molecule has 0 bridgehead atoms. The van der Waals surface area contributed by atoms with Crippen LogP contribution in [0.2, 0.25) is 0 Å². The number of para-hydroxylation sites is 1. The molecule has 3 rings (SSSR count). The first-order chi connectivity index (χ1) is 11.1. The maximum atomic E-state index is 12.5. The number of allylic oxidation sites excluding steroid dienone is 1. The molecule has 0 aliphatic carbocycles. The summed E-state index contributed by atoms with van der Waals surface area (Å²) in [5.41, 5.74) is 3.40. The highest BCUT2D eigenvalue weighted by Crippen LogP contribution is 2.17. The summed E-state index contributed by atoms with van der Waals surface area (Å²) in [4.78, 5) is 27.5. The molecular weight excluding hydrogens is 286 g/mol. The van der Waals surface area contributed by atoms with Crippen molar-refractivity contribution in [1.82, 2.24) is 4.98 Å². The number of aromatic amines is 1. The third-order valence-electron chi connectivity index (χ3n) is 3.93. The third kappa shape index (κ3) is 2.99. The Balaban J connectivity index is 2.01. The van der Waals surface area contributed by atoms with Crippen molar-refractivity contribution >= 4 is 22.8 Å². The Bertz CT molecular complexity index is 963. The number of H-pyrrole nitrogens is 1. The van der Waals surface area contributed by atoms with Crippen LogP contribution in [-0.4, -0.2) is 10.8 Å². The highest BCUT2D eigenvalue weighted by Gasteiger charge is 2.14. The Morgan fingerprint density at radius 2 is 1.70 bits per heavy atom. The van der Waals surface area contributed by atoms with Crippen LogP contribution in [0.3, 0.4) is 0 Å². The molecular formula is C20H17NO2. The average Bonchev–Trinajstić information content (AvgIpc) is 2.54. The first-order valence-electron chi connectivity index (χ1n) is 7.47. The topological polar surface area (TPSA) is 49.9 Å². The Hall–Kier alpha value is -2.94. The second-order valence-corrected chi connectivity index (χ2v) is 5.61. The SMILES string of the molecule is Cc1ccc(/C=C/C(=O)c2c(C)c3ccccc3[nH]c2=O)cc1. The minimum atomic E-state index is -0.347. The van der Waals surface area contributed by atoms with Crippen molar-refractivity contribution in [3.8, 4) is 0 Å². The average molecular weight is 303 g/mol. The van der Waals surface area contributed by atoms with Crippen molar-refractivity contribution in [2.75, 3.05) is 0 Å². The van der Waals surface area contributed by atoms with Crippen molar-refractivity contribution in [2.24, 2.45) is 0 Å². The van der Waals surface area contributed by atoms with Gasteiger partial charge in [-0.1, -0.05) is 54.1 Å². The van der Waals surface area contributed by atoms with Gasteiger partial charge in [0.05, 0.1) is 5.56 Å². The highest BCUT2D eigenvalue weighted by atomic mass is 16.1. The van der Waals surface area contributed by atoms with Gasteiger partial charge in [0.15, 0.2) is 5.78 Å². The van der Waals surface area contributed by atoms with Crippen LogP contribution in [0, 0.1) is 13.8 Å². The summed E-state index contributed by atoms with van der Waals surface area (Å²) in [5.74, 6) is -0.282. The number of pyridine rings is 1. The first kappa shape index (κ1) is 15.0. The van der Waals surface area contributed by atoms with Crippen molar-refractivity contribution in [1.29, 1.82) is 0 Å². The summed E-state index contributed by atoms with van der Waals surface area (Å²) in [7, 11) is 0. The van der Waals surface area contributed by atoms with Crippen LogP contribution in [0.15, 0.2) is 59.4 Å². The van der Waals surface area contributed by atoms with Gasteiger partial charge in [-0.15, -0.1) is 0 Å². The van der Waals surface area contributed by atoms with E-state index in [0.717, 1.165) is 22.0 Å². The fourth-order valence-corrected chi connectivity index (χ4v) is 2.64. The summed E-state index contributed by atoms with van der Waals surface area (Å²) < 4.78 is 0. The number of aromatic nitrogens is 1. The van der Waals surface area contributed by atoms with E-state index in [9.17, 15) is 9.59 Å². The van der Waals surface area contributed by atoms with E-state index in [-0.39, 0.29) is 16.9 Å². The number of carbonyl (C=O) groups excluding carboxylic acids is 1. The normalized spacial score (nSPS) is 11.2. The maximum Gasteiger partial charge on any atom is 0.259 e. The molecule has 0 atom stereocenters. The van der Waals surface area contributed by atoms with Gasteiger partial charge in [-0.05, 0) is 37.1 Å². The molecule has 3 heteroatoms. The lowest BCUT2D eigenvalue weighted by atomic mass is 10.0. The van der Waals surface area contributed by atoms with Gasteiger partial charge < -0.3 is 4.98 Å². The minimum absolute atomic E-state index is 0.201. The van der Waals surface area contributed by atoms with Crippen LogP contribution in [0.25, 0.3) is 17.0 Å². The van der Waals surface area contributed by atoms with Crippen LogP contribution >= 0.6 is 0 Å². The largest absolute Gasteiger partial charge is 0.321 e. The van der Waals surface area contributed by atoms with Gasteiger partial charge >= 0.3 is 0 Å². The first-order valence-corrected chi connectivity index (χ1v) is 7.47. The van der Waals surface area contributed by atoms with Crippen LogP contribution in [0.4, 0.5) is 0 Å². The van der Waals surface area contributed by atoms with Crippen LogP contribution in [0.1, 0.15) is 27.0 Å². The highest BCUT2D eigenvalue weighted by molar-refractivity contribution is 6.09. The van der Waals surface area contributed by atoms with Gasteiger partial charge in [-0.3, -0.25) is 9.59 Å².